The molecule has 1 N–H and O–H groups in total. The van der Waals surface area contributed by atoms with Gasteiger partial charge in [-0.2, -0.15) is 0 Å². The Morgan fingerprint density at radius 1 is 1.05 bits per heavy atom. The molecule has 0 bridgehead atoms. The summed E-state index contributed by atoms with van der Waals surface area (Å²) in [4.78, 5) is 17.2. The molecule has 0 radical (unpaired) electrons. The molecule has 2 aliphatic heterocycles. The summed E-state index contributed by atoms with van der Waals surface area (Å²) in [7, 11) is 0. The zero-order valence-electron chi connectivity index (χ0n) is 14.0. The Morgan fingerprint density at radius 3 is 2.36 bits per heavy atom. The van der Waals surface area contributed by atoms with Crippen molar-refractivity contribution in [2.45, 2.75) is 70.4 Å². The molecule has 2 atom stereocenters. The van der Waals surface area contributed by atoms with Gasteiger partial charge in [-0.25, -0.2) is 0 Å². The normalized spacial score (nSPS) is 32.5. The third-order valence-electron chi connectivity index (χ3n) is 6.11. The maximum atomic E-state index is 12.5. The standard InChI is InChI=1S/C18H32N2O2/c1-14-12-17(21)8-11-20(14)13-15-6-9-19(10-7-15)18(22)16-4-2-3-5-16/h14-17,21H,2-13H2,1H3. The molecular weight excluding hydrogens is 276 g/mol. The van der Waals surface area contributed by atoms with E-state index >= 15 is 0 Å². The molecular formula is C18H32N2O2. The van der Waals surface area contributed by atoms with E-state index in [1.165, 1.54) is 12.8 Å². The molecule has 1 aliphatic carbocycles. The fourth-order valence-electron chi connectivity index (χ4n) is 4.57. The molecule has 1 amide bonds. The Labute approximate surface area is 134 Å². The summed E-state index contributed by atoms with van der Waals surface area (Å²) in [5, 5.41) is 9.73. The zero-order valence-corrected chi connectivity index (χ0v) is 14.0. The third-order valence-corrected chi connectivity index (χ3v) is 6.11. The molecule has 4 heteroatoms. The fraction of sp³-hybridized carbons (Fsp3) is 0.944. The van der Waals surface area contributed by atoms with E-state index in [9.17, 15) is 9.90 Å². The number of likely N-dealkylation sites (tertiary alicyclic amines) is 2. The summed E-state index contributed by atoms with van der Waals surface area (Å²) in [6.07, 6.45) is 8.77. The second kappa shape index (κ2) is 7.31. The molecule has 3 fully saturated rings. The Bertz CT molecular complexity index is 373. The molecule has 4 nitrogen and oxygen atoms in total. The summed E-state index contributed by atoms with van der Waals surface area (Å²) in [5.74, 6) is 1.50. The van der Waals surface area contributed by atoms with Crippen molar-refractivity contribution in [2.75, 3.05) is 26.2 Å². The highest BCUT2D eigenvalue weighted by Gasteiger charge is 2.32. The number of nitrogens with zero attached hydrogens (tertiary/aromatic N) is 2. The Balaban J connectivity index is 1.42. The lowest BCUT2D eigenvalue weighted by atomic mass is 9.92. The molecule has 2 heterocycles. The van der Waals surface area contributed by atoms with Crippen LogP contribution in [0.3, 0.4) is 0 Å². The van der Waals surface area contributed by atoms with E-state index in [4.69, 9.17) is 0 Å². The topological polar surface area (TPSA) is 43.8 Å². The monoisotopic (exact) mass is 308 g/mol. The minimum atomic E-state index is -0.0999. The molecule has 2 unspecified atom stereocenters. The van der Waals surface area contributed by atoms with Crippen molar-refractivity contribution >= 4 is 5.91 Å². The van der Waals surface area contributed by atoms with Crippen LogP contribution in [0.25, 0.3) is 0 Å². The SMILES string of the molecule is CC1CC(O)CCN1CC1CCN(C(=O)C2CCCC2)CC1. The highest BCUT2D eigenvalue weighted by atomic mass is 16.3. The molecule has 3 rings (SSSR count). The summed E-state index contributed by atoms with van der Waals surface area (Å²) in [5.41, 5.74) is 0. The maximum Gasteiger partial charge on any atom is 0.225 e. The molecule has 0 aromatic rings. The number of carbonyl (C=O) groups is 1. The fourth-order valence-corrected chi connectivity index (χ4v) is 4.57. The summed E-state index contributed by atoms with van der Waals surface area (Å²) in [6.45, 7) is 6.35. The van der Waals surface area contributed by atoms with Gasteiger partial charge in [-0.3, -0.25) is 4.79 Å². The number of aliphatic hydroxyl groups is 1. The van der Waals surface area contributed by atoms with Crippen molar-refractivity contribution in [3.63, 3.8) is 0 Å². The van der Waals surface area contributed by atoms with Crippen LogP contribution < -0.4 is 0 Å². The Kier molecular flexibility index (Phi) is 5.40. The van der Waals surface area contributed by atoms with Crippen LogP contribution in [0.4, 0.5) is 0 Å². The van der Waals surface area contributed by atoms with Gasteiger partial charge >= 0.3 is 0 Å². The Morgan fingerprint density at radius 2 is 1.73 bits per heavy atom. The van der Waals surface area contributed by atoms with Gasteiger partial charge in [-0.05, 0) is 51.4 Å². The first-order valence-corrected chi connectivity index (χ1v) is 9.34. The van der Waals surface area contributed by atoms with Crippen LogP contribution >= 0.6 is 0 Å². The largest absolute Gasteiger partial charge is 0.393 e. The Hall–Kier alpha value is -0.610. The zero-order chi connectivity index (χ0) is 15.5. The van der Waals surface area contributed by atoms with E-state index in [0.717, 1.165) is 70.6 Å². The lowest BCUT2D eigenvalue weighted by molar-refractivity contribution is -0.136. The van der Waals surface area contributed by atoms with Crippen LogP contribution in [0.1, 0.15) is 58.3 Å². The molecule has 0 spiro atoms. The van der Waals surface area contributed by atoms with Crippen molar-refractivity contribution in [3.8, 4) is 0 Å². The van der Waals surface area contributed by atoms with Gasteiger partial charge in [0, 0.05) is 38.1 Å². The van der Waals surface area contributed by atoms with Gasteiger partial charge in [0.2, 0.25) is 5.91 Å². The van der Waals surface area contributed by atoms with Crippen LogP contribution in [-0.2, 0) is 4.79 Å². The smallest absolute Gasteiger partial charge is 0.225 e. The average molecular weight is 308 g/mol. The van der Waals surface area contributed by atoms with Crippen LogP contribution in [0, 0.1) is 11.8 Å². The number of rotatable bonds is 3. The van der Waals surface area contributed by atoms with Crippen molar-refractivity contribution in [3.05, 3.63) is 0 Å². The summed E-state index contributed by atoms with van der Waals surface area (Å²) >= 11 is 0. The number of carbonyl (C=O) groups excluding carboxylic acids is 1. The van der Waals surface area contributed by atoms with E-state index in [2.05, 4.69) is 16.7 Å². The maximum absolute atomic E-state index is 12.5. The number of piperidine rings is 2. The summed E-state index contributed by atoms with van der Waals surface area (Å²) < 4.78 is 0. The lowest BCUT2D eigenvalue weighted by Crippen LogP contribution is -2.47. The predicted molar refractivity (Wildman–Crippen MR) is 87.5 cm³/mol. The number of hydrogen-bond donors (Lipinski definition) is 1. The molecule has 0 aromatic carbocycles. The van der Waals surface area contributed by atoms with E-state index in [1.54, 1.807) is 0 Å². The summed E-state index contributed by atoms with van der Waals surface area (Å²) in [6, 6.07) is 0.502. The van der Waals surface area contributed by atoms with E-state index in [0.29, 0.717) is 17.9 Å². The van der Waals surface area contributed by atoms with Gasteiger partial charge in [0.1, 0.15) is 0 Å². The molecule has 0 aromatic heterocycles. The van der Waals surface area contributed by atoms with Gasteiger partial charge in [0.05, 0.1) is 6.10 Å². The van der Waals surface area contributed by atoms with Crippen LogP contribution in [0.2, 0.25) is 0 Å². The average Bonchev–Trinajstić information content (AvgIpc) is 3.04. The number of amides is 1. The van der Waals surface area contributed by atoms with E-state index < -0.39 is 0 Å². The third kappa shape index (κ3) is 3.83. The first-order chi connectivity index (χ1) is 10.6. The van der Waals surface area contributed by atoms with Crippen molar-refractivity contribution in [2.24, 2.45) is 11.8 Å². The van der Waals surface area contributed by atoms with Crippen molar-refractivity contribution in [1.82, 2.24) is 9.80 Å². The highest BCUT2D eigenvalue weighted by Crippen LogP contribution is 2.29. The van der Waals surface area contributed by atoms with Gasteiger partial charge in [-0.1, -0.05) is 12.8 Å². The van der Waals surface area contributed by atoms with E-state index in [-0.39, 0.29) is 6.10 Å². The first kappa shape index (κ1) is 16.3. The van der Waals surface area contributed by atoms with Gasteiger partial charge in [0.25, 0.3) is 0 Å². The molecule has 2 saturated heterocycles. The van der Waals surface area contributed by atoms with Crippen molar-refractivity contribution < 1.29 is 9.90 Å². The second-order valence-corrected chi connectivity index (χ2v) is 7.77. The molecule has 3 aliphatic rings. The van der Waals surface area contributed by atoms with Crippen LogP contribution in [-0.4, -0.2) is 59.1 Å². The van der Waals surface area contributed by atoms with Gasteiger partial charge in [0.15, 0.2) is 0 Å². The predicted octanol–water partition coefficient (Wildman–Crippen LogP) is 2.26. The van der Waals surface area contributed by atoms with E-state index in [1.807, 2.05) is 0 Å². The number of aliphatic hydroxyl groups excluding tert-OH is 1. The molecule has 126 valence electrons. The highest BCUT2D eigenvalue weighted by molar-refractivity contribution is 5.79. The lowest BCUT2D eigenvalue weighted by Gasteiger charge is -2.40. The first-order valence-electron chi connectivity index (χ1n) is 9.34. The van der Waals surface area contributed by atoms with Gasteiger partial charge in [-0.15, -0.1) is 0 Å². The van der Waals surface area contributed by atoms with Crippen molar-refractivity contribution in [1.29, 1.82) is 0 Å². The minimum absolute atomic E-state index is 0.0999. The molecule has 1 saturated carbocycles. The number of hydrogen-bond acceptors (Lipinski definition) is 3. The minimum Gasteiger partial charge on any atom is -0.393 e. The van der Waals surface area contributed by atoms with Crippen LogP contribution in [0.15, 0.2) is 0 Å². The molecule has 22 heavy (non-hydrogen) atoms. The van der Waals surface area contributed by atoms with Gasteiger partial charge < -0.3 is 14.9 Å². The van der Waals surface area contributed by atoms with Crippen LogP contribution in [0.5, 0.6) is 0 Å². The quantitative estimate of drug-likeness (QED) is 0.870. The second-order valence-electron chi connectivity index (χ2n) is 7.77.